The van der Waals surface area contributed by atoms with Gasteiger partial charge < -0.3 is 5.11 Å². The summed E-state index contributed by atoms with van der Waals surface area (Å²) in [6, 6.07) is 8.04. The third-order valence-electron chi connectivity index (χ3n) is 2.76. The van der Waals surface area contributed by atoms with Crippen molar-refractivity contribution in [1.82, 2.24) is 9.78 Å². The van der Waals surface area contributed by atoms with E-state index in [4.69, 9.17) is 0 Å². The Morgan fingerprint density at radius 3 is 2.65 bits per heavy atom. The van der Waals surface area contributed by atoms with E-state index in [1.54, 1.807) is 0 Å². The molecule has 3 heteroatoms. The Morgan fingerprint density at radius 2 is 2.00 bits per heavy atom. The Hall–Kier alpha value is -1.77. The van der Waals surface area contributed by atoms with Gasteiger partial charge in [-0.1, -0.05) is 38.1 Å². The average molecular weight is 230 g/mol. The zero-order valence-corrected chi connectivity index (χ0v) is 10.5. The van der Waals surface area contributed by atoms with Crippen molar-refractivity contribution in [2.24, 2.45) is 5.92 Å². The highest BCUT2D eigenvalue weighted by atomic mass is 16.3. The first-order valence-electron chi connectivity index (χ1n) is 5.90. The molecule has 2 aromatic rings. The summed E-state index contributed by atoms with van der Waals surface area (Å²) in [7, 11) is 0. The van der Waals surface area contributed by atoms with E-state index in [1.165, 1.54) is 6.20 Å². The molecule has 0 aliphatic carbocycles. The van der Waals surface area contributed by atoms with Crippen molar-refractivity contribution in [1.29, 1.82) is 0 Å². The number of hydrogen-bond acceptors (Lipinski definition) is 2. The highest BCUT2D eigenvalue weighted by molar-refractivity contribution is 5.69. The second-order valence-electron chi connectivity index (χ2n) is 4.77. The van der Waals surface area contributed by atoms with Crippen LogP contribution >= 0.6 is 0 Å². The van der Waals surface area contributed by atoms with Gasteiger partial charge in [-0.15, -0.1) is 0 Å². The van der Waals surface area contributed by atoms with E-state index < -0.39 is 0 Å². The minimum Gasteiger partial charge on any atom is -0.504 e. The summed E-state index contributed by atoms with van der Waals surface area (Å²) >= 11 is 0. The molecule has 0 spiro atoms. The molecule has 0 unspecified atom stereocenters. The van der Waals surface area contributed by atoms with E-state index >= 15 is 0 Å². The SMILES string of the molecule is Cc1ccccc1-c1c(O)cnn1CC(C)C. The van der Waals surface area contributed by atoms with Crippen LogP contribution in [-0.4, -0.2) is 14.9 Å². The third kappa shape index (κ3) is 2.33. The van der Waals surface area contributed by atoms with Gasteiger partial charge in [-0.3, -0.25) is 4.68 Å². The van der Waals surface area contributed by atoms with Gasteiger partial charge in [-0.05, 0) is 18.4 Å². The molecule has 0 bridgehead atoms. The second kappa shape index (κ2) is 4.62. The fraction of sp³-hybridized carbons (Fsp3) is 0.357. The molecule has 1 aromatic heterocycles. The monoisotopic (exact) mass is 230 g/mol. The van der Waals surface area contributed by atoms with Crippen molar-refractivity contribution >= 4 is 0 Å². The Morgan fingerprint density at radius 1 is 1.29 bits per heavy atom. The van der Waals surface area contributed by atoms with E-state index in [-0.39, 0.29) is 5.75 Å². The Labute approximate surface area is 102 Å². The van der Waals surface area contributed by atoms with E-state index in [1.807, 2.05) is 35.9 Å². The van der Waals surface area contributed by atoms with Crippen molar-refractivity contribution in [3.8, 4) is 17.0 Å². The summed E-state index contributed by atoms with van der Waals surface area (Å²) in [5, 5.41) is 14.2. The van der Waals surface area contributed by atoms with E-state index in [2.05, 4.69) is 18.9 Å². The van der Waals surface area contributed by atoms with Gasteiger partial charge in [-0.2, -0.15) is 5.10 Å². The Balaban J connectivity index is 2.51. The summed E-state index contributed by atoms with van der Waals surface area (Å²) < 4.78 is 1.88. The molecule has 1 aromatic carbocycles. The Bertz CT molecular complexity index is 515. The molecule has 0 aliphatic rings. The van der Waals surface area contributed by atoms with E-state index in [0.29, 0.717) is 5.92 Å². The third-order valence-corrected chi connectivity index (χ3v) is 2.76. The predicted octanol–water partition coefficient (Wildman–Crippen LogP) is 3.22. The maximum atomic E-state index is 9.94. The van der Waals surface area contributed by atoms with Crippen molar-refractivity contribution in [3.63, 3.8) is 0 Å². The molecule has 17 heavy (non-hydrogen) atoms. The lowest BCUT2D eigenvalue weighted by molar-refractivity contribution is 0.468. The largest absolute Gasteiger partial charge is 0.504 e. The lowest BCUT2D eigenvalue weighted by Crippen LogP contribution is -2.07. The number of aryl methyl sites for hydroxylation is 1. The van der Waals surface area contributed by atoms with Crippen LogP contribution in [0.2, 0.25) is 0 Å². The first kappa shape index (κ1) is 11.7. The summed E-state index contributed by atoms with van der Waals surface area (Å²) in [4.78, 5) is 0. The quantitative estimate of drug-likeness (QED) is 0.879. The zero-order valence-electron chi connectivity index (χ0n) is 10.5. The molecule has 0 saturated heterocycles. The van der Waals surface area contributed by atoms with Crippen LogP contribution in [0, 0.1) is 12.8 Å². The van der Waals surface area contributed by atoms with Crippen molar-refractivity contribution in [3.05, 3.63) is 36.0 Å². The standard InChI is InChI=1S/C14H18N2O/c1-10(2)9-16-14(13(17)8-15-16)12-7-5-4-6-11(12)3/h4-8,10,17H,9H2,1-3H3. The smallest absolute Gasteiger partial charge is 0.161 e. The van der Waals surface area contributed by atoms with Crippen LogP contribution in [0.5, 0.6) is 5.75 Å². The number of benzene rings is 1. The van der Waals surface area contributed by atoms with Crippen LogP contribution in [-0.2, 0) is 6.54 Å². The summed E-state index contributed by atoms with van der Waals surface area (Å²) in [5.74, 6) is 0.747. The number of aromatic nitrogens is 2. The van der Waals surface area contributed by atoms with Gasteiger partial charge in [0.15, 0.2) is 5.75 Å². The molecule has 90 valence electrons. The van der Waals surface area contributed by atoms with Crippen LogP contribution < -0.4 is 0 Å². The molecule has 1 N–H and O–H groups in total. The van der Waals surface area contributed by atoms with Crippen LogP contribution in [0.3, 0.4) is 0 Å². The van der Waals surface area contributed by atoms with Gasteiger partial charge >= 0.3 is 0 Å². The van der Waals surface area contributed by atoms with E-state index in [0.717, 1.165) is 23.4 Å². The van der Waals surface area contributed by atoms with Crippen LogP contribution in [0.15, 0.2) is 30.5 Å². The summed E-state index contributed by atoms with van der Waals surface area (Å²) in [6.07, 6.45) is 1.52. The first-order valence-corrected chi connectivity index (χ1v) is 5.90. The second-order valence-corrected chi connectivity index (χ2v) is 4.77. The molecule has 0 atom stereocenters. The van der Waals surface area contributed by atoms with Crippen LogP contribution in [0.1, 0.15) is 19.4 Å². The summed E-state index contributed by atoms with van der Waals surface area (Å²) in [5.41, 5.74) is 3.01. The number of rotatable bonds is 3. The minimum absolute atomic E-state index is 0.250. The van der Waals surface area contributed by atoms with Crippen molar-refractivity contribution in [2.75, 3.05) is 0 Å². The van der Waals surface area contributed by atoms with Crippen LogP contribution in [0.25, 0.3) is 11.3 Å². The molecular formula is C14H18N2O. The fourth-order valence-corrected chi connectivity index (χ4v) is 1.98. The molecule has 0 saturated carbocycles. The lowest BCUT2D eigenvalue weighted by atomic mass is 10.1. The molecule has 3 nitrogen and oxygen atoms in total. The molecule has 2 rings (SSSR count). The van der Waals surface area contributed by atoms with Crippen molar-refractivity contribution < 1.29 is 5.11 Å². The molecule has 0 fully saturated rings. The zero-order chi connectivity index (χ0) is 12.4. The molecule has 1 heterocycles. The van der Waals surface area contributed by atoms with Gasteiger partial charge in [-0.25, -0.2) is 0 Å². The number of nitrogens with zero attached hydrogens (tertiary/aromatic N) is 2. The molecule has 0 amide bonds. The molecule has 0 aliphatic heterocycles. The number of aromatic hydroxyl groups is 1. The fourth-order valence-electron chi connectivity index (χ4n) is 1.98. The maximum Gasteiger partial charge on any atom is 0.161 e. The minimum atomic E-state index is 0.250. The maximum absolute atomic E-state index is 9.94. The molecular weight excluding hydrogens is 212 g/mol. The van der Waals surface area contributed by atoms with Gasteiger partial charge in [0, 0.05) is 12.1 Å². The molecule has 0 radical (unpaired) electrons. The van der Waals surface area contributed by atoms with Gasteiger partial charge in [0.05, 0.1) is 6.20 Å². The summed E-state index contributed by atoms with van der Waals surface area (Å²) in [6.45, 7) is 7.13. The van der Waals surface area contributed by atoms with Crippen molar-refractivity contribution in [2.45, 2.75) is 27.3 Å². The van der Waals surface area contributed by atoms with E-state index in [9.17, 15) is 5.11 Å². The number of hydrogen-bond donors (Lipinski definition) is 1. The lowest BCUT2D eigenvalue weighted by Gasteiger charge is -2.12. The highest BCUT2D eigenvalue weighted by Crippen LogP contribution is 2.31. The van der Waals surface area contributed by atoms with Gasteiger partial charge in [0.1, 0.15) is 5.69 Å². The first-order chi connectivity index (χ1) is 8.09. The van der Waals surface area contributed by atoms with Gasteiger partial charge in [0.2, 0.25) is 0 Å². The van der Waals surface area contributed by atoms with Gasteiger partial charge in [0.25, 0.3) is 0 Å². The average Bonchev–Trinajstić information content (AvgIpc) is 2.60. The topological polar surface area (TPSA) is 38.1 Å². The van der Waals surface area contributed by atoms with Crippen LogP contribution in [0.4, 0.5) is 0 Å². The normalized spacial score (nSPS) is 11.1. The predicted molar refractivity (Wildman–Crippen MR) is 68.9 cm³/mol. The Kier molecular flexibility index (Phi) is 3.18. The highest BCUT2D eigenvalue weighted by Gasteiger charge is 2.14.